The molecule has 3 rings (SSSR count). The van der Waals surface area contributed by atoms with Crippen LogP contribution in [0.4, 0.5) is 0 Å². The average Bonchev–Trinajstić information content (AvgIpc) is 2.96. The Kier molecular flexibility index (Phi) is 6.42. The number of ether oxygens (including phenoxy) is 1. The van der Waals surface area contributed by atoms with Crippen molar-refractivity contribution in [3.63, 3.8) is 0 Å². The van der Waals surface area contributed by atoms with Crippen molar-refractivity contribution in [1.29, 1.82) is 0 Å². The highest BCUT2D eigenvalue weighted by Gasteiger charge is 2.15. The molecule has 5 nitrogen and oxygen atoms in total. The topological polar surface area (TPSA) is 66.0 Å². The molecule has 2 N–H and O–H groups in total. The fourth-order valence-corrected chi connectivity index (χ4v) is 3.62. The summed E-state index contributed by atoms with van der Waals surface area (Å²) in [5, 5.41) is 10.8. The molecule has 26 heavy (non-hydrogen) atoms. The van der Waals surface area contributed by atoms with Crippen LogP contribution < -0.4 is 10.6 Å². The van der Waals surface area contributed by atoms with Crippen LogP contribution in [0.5, 0.6) is 5.75 Å². The SMILES string of the molecule is Nn1c(SCCOc2ccc(Cl)cc2Cl)nnc1-c1cc(Cl)ccc1Cl. The molecular weight excluding hydrogens is 438 g/mol. The van der Waals surface area contributed by atoms with Gasteiger partial charge in [0, 0.05) is 21.4 Å². The second-order valence-electron chi connectivity index (χ2n) is 5.07. The Morgan fingerprint density at radius 3 is 2.46 bits per heavy atom. The summed E-state index contributed by atoms with van der Waals surface area (Å²) in [5.74, 6) is 7.67. The van der Waals surface area contributed by atoms with E-state index in [-0.39, 0.29) is 0 Å². The highest BCUT2D eigenvalue weighted by molar-refractivity contribution is 7.99. The quantitative estimate of drug-likeness (QED) is 0.308. The van der Waals surface area contributed by atoms with Crippen molar-refractivity contribution < 1.29 is 4.74 Å². The molecule has 10 heteroatoms. The van der Waals surface area contributed by atoms with Gasteiger partial charge < -0.3 is 10.6 Å². The molecule has 0 atom stereocenters. The Morgan fingerprint density at radius 2 is 1.69 bits per heavy atom. The number of nitrogen functional groups attached to an aromatic ring is 1. The van der Waals surface area contributed by atoms with Gasteiger partial charge in [0.2, 0.25) is 5.16 Å². The number of hydrogen-bond donors (Lipinski definition) is 1. The van der Waals surface area contributed by atoms with Gasteiger partial charge in [-0.15, -0.1) is 10.2 Å². The molecule has 3 aromatic rings. The van der Waals surface area contributed by atoms with Crippen LogP contribution in [0.15, 0.2) is 41.6 Å². The summed E-state index contributed by atoms with van der Waals surface area (Å²) in [6, 6.07) is 10.1. The van der Waals surface area contributed by atoms with E-state index in [2.05, 4.69) is 10.2 Å². The van der Waals surface area contributed by atoms with Gasteiger partial charge in [-0.25, -0.2) is 4.68 Å². The molecule has 0 amide bonds. The summed E-state index contributed by atoms with van der Waals surface area (Å²) in [7, 11) is 0. The molecule has 0 spiro atoms. The maximum absolute atomic E-state index is 6.19. The molecule has 0 aliphatic heterocycles. The van der Waals surface area contributed by atoms with Crippen LogP contribution in [0.2, 0.25) is 20.1 Å². The van der Waals surface area contributed by atoms with Gasteiger partial charge >= 0.3 is 0 Å². The van der Waals surface area contributed by atoms with E-state index in [9.17, 15) is 0 Å². The molecule has 0 saturated carbocycles. The Morgan fingerprint density at radius 1 is 0.962 bits per heavy atom. The molecule has 0 aliphatic carbocycles. The van der Waals surface area contributed by atoms with Crippen LogP contribution in [0, 0.1) is 0 Å². The van der Waals surface area contributed by atoms with Gasteiger partial charge in [0.15, 0.2) is 5.82 Å². The number of aromatic nitrogens is 3. The summed E-state index contributed by atoms with van der Waals surface area (Å²) < 4.78 is 7.00. The largest absolute Gasteiger partial charge is 0.491 e. The van der Waals surface area contributed by atoms with Crippen molar-refractivity contribution in [3.8, 4) is 17.1 Å². The van der Waals surface area contributed by atoms with Gasteiger partial charge in [0.1, 0.15) is 5.75 Å². The van der Waals surface area contributed by atoms with Gasteiger partial charge in [-0.2, -0.15) is 0 Å². The maximum atomic E-state index is 6.19. The van der Waals surface area contributed by atoms with E-state index in [1.54, 1.807) is 36.4 Å². The van der Waals surface area contributed by atoms with Crippen molar-refractivity contribution in [2.45, 2.75) is 5.16 Å². The van der Waals surface area contributed by atoms with E-state index < -0.39 is 0 Å². The normalized spacial score (nSPS) is 10.9. The number of hydrogen-bond acceptors (Lipinski definition) is 5. The minimum absolute atomic E-state index is 0.409. The molecule has 0 radical (unpaired) electrons. The second-order valence-corrected chi connectivity index (χ2v) is 7.82. The molecule has 0 aliphatic rings. The zero-order valence-corrected chi connectivity index (χ0v) is 17.0. The smallest absolute Gasteiger partial charge is 0.210 e. The highest BCUT2D eigenvalue weighted by Crippen LogP contribution is 2.31. The molecule has 0 unspecified atom stereocenters. The lowest BCUT2D eigenvalue weighted by Gasteiger charge is -2.08. The Bertz CT molecular complexity index is 935. The van der Waals surface area contributed by atoms with Crippen molar-refractivity contribution >= 4 is 58.2 Å². The molecule has 1 heterocycles. The molecular formula is C16H12Cl4N4OS. The van der Waals surface area contributed by atoms with Crippen LogP contribution in [0.25, 0.3) is 11.4 Å². The zero-order valence-electron chi connectivity index (χ0n) is 13.1. The standard InChI is InChI=1S/C16H12Cl4N4OS/c17-9-1-3-12(19)11(7-9)15-22-23-16(24(15)21)26-6-5-25-14-4-2-10(18)8-13(14)20/h1-4,7-8H,5-6,21H2. The number of nitrogens with two attached hydrogens (primary N) is 1. The second kappa shape index (κ2) is 8.59. The summed E-state index contributed by atoms with van der Waals surface area (Å²) in [6.45, 7) is 0.409. The van der Waals surface area contributed by atoms with Crippen LogP contribution in [-0.4, -0.2) is 27.2 Å². The monoisotopic (exact) mass is 448 g/mol. The summed E-state index contributed by atoms with van der Waals surface area (Å²) in [5.41, 5.74) is 0.616. The van der Waals surface area contributed by atoms with E-state index >= 15 is 0 Å². The molecule has 136 valence electrons. The van der Waals surface area contributed by atoms with Crippen LogP contribution in [0.3, 0.4) is 0 Å². The highest BCUT2D eigenvalue weighted by atomic mass is 35.5. The fourth-order valence-electron chi connectivity index (χ4n) is 2.10. The van der Waals surface area contributed by atoms with Crippen LogP contribution in [-0.2, 0) is 0 Å². The van der Waals surface area contributed by atoms with Gasteiger partial charge in [-0.3, -0.25) is 0 Å². The van der Waals surface area contributed by atoms with Gasteiger partial charge in [0.05, 0.1) is 16.7 Å². The minimum atomic E-state index is 0.409. The lowest BCUT2D eigenvalue weighted by Crippen LogP contribution is -2.12. The Labute approximate surface area is 174 Å². The molecule has 0 fully saturated rings. The molecule has 0 bridgehead atoms. The first-order chi connectivity index (χ1) is 12.5. The van der Waals surface area contributed by atoms with Crippen molar-refractivity contribution in [2.24, 2.45) is 0 Å². The fraction of sp³-hybridized carbons (Fsp3) is 0.125. The van der Waals surface area contributed by atoms with Gasteiger partial charge in [-0.1, -0.05) is 58.2 Å². The summed E-state index contributed by atoms with van der Waals surface area (Å²) >= 11 is 25.5. The van der Waals surface area contributed by atoms with Crippen molar-refractivity contribution in [3.05, 3.63) is 56.5 Å². The lowest BCUT2D eigenvalue weighted by molar-refractivity contribution is 0.344. The Balaban J connectivity index is 1.63. The third-order valence-electron chi connectivity index (χ3n) is 3.30. The first kappa shape index (κ1) is 19.5. The van der Waals surface area contributed by atoms with E-state index in [1.807, 2.05) is 0 Å². The van der Waals surface area contributed by atoms with E-state index in [4.69, 9.17) is 57.0 Å². The number of halogens is 4. The van der Waals surface area contributed by atoms with Crippen molar-refractivity contribution in [1.82, 2.24) is 14.9 Å². The van der Waals surface area contributed by atoms with Gasteiger partial charge in [-0.05, 0) is 36.4 Å². The predicted molar refractivity (Wildman–Crippen MR) is 108 cm³/mol. The first-order valence-electron chi connectivity index (χ1n) is 7.32. The predicted octanol–water partition coefficient (Wildman–Crippen LogP) is 5.44. The summed E-state index contributed by atoms with van der Waals surface area (Å²) in [6.07, 6.45) is 0. The van der Waals surface area contributed by atoms with E-state index in [0.717, 1.165) is 0 Å². The minimum Gasteiger partial charge on any atom is -0.491 e. The summed E-state index contributed by atoms with van der Waals surface area (Å²) in [4.78, 5) is 0. The Hall–Kier alpha value is -1.31. The number of nitrogens with zero attached hydrogens (tertiary/aromatic N) is 3. The zero-order chi connectivity index (χ0) is 18.7. The van der Waals surface area contributed by atoms with Crippen molar-refractivity contribution in [2.75, 3.05) is 18.2 Å². The van der Waals surface area contributed by atoms with Gasteiger partial charge in [0.25, 0.3) is 0 Å². The molecule has 2 aromatic carbocycles. The van der Waals surface area contributed by atoms with Crippen LogP contribution in [0.1, 0.15) is 0 Å². The first-order valence-corrected chi connectivity index (χ1v) is 9.82. The third-order valence-corrected chi connectivity index (χ3v) is 5.30. The van der Waals surface area contributed by atoms with E-state index in [1.165, 1.54) is 16.4 Å². The third kappa shape index (κ3) is 4.50. The number of benzene rings is 2. The van der Waals surface area contributed by atoms with Crippen LogP contribution >= 0.6 is 58.2 Å². The maximum Gasteiger partial charge on any atom is 0.210 e. The number of thioether (sulfide) groups is 1. The van der Waals surface area contributed by atoms with E-state index in [0.29, 0.717) is 54.7 Å². The lowest BCUT2D eigenvalue weighted by atomic mass is 10.2. The average molecular weight is 450 g/mol. The number of rotatable bonds is 6. The molecule has 1 aromatic heterocycles. The molecule has 0 saturated heterocycles.